The van der Waals surface area contributed by atoms with E-state index in [2.05, 4.69) is 38.9 Å². The van der Waals surface area contributed by atoms with Crippen molar-refractivity contribution in [2.75, 3.05) is 25.5 Å². The summed E-state index contributed by atoms with van der Waals surface area (Å²) in [4.78, 5) is 39.1. The third kappa shape index (κ3) is 9.60. The van der Waals surface area contributed by atoms with Crippen molar-refractivity contribution >= 4 is 68.1 Å². The molecule has 2 N–H and O–H groups in total. The van der Waals surface area contributed by atoms with E-state index in [9.17, 15) is 19.5 Å². The fourth-order valence-electron chi connectivity index (χ4n) is 6.46. The Kier molecular flexibility index (Phi) is 13.5. The van der Waals surface area contributed by atoms with Gasteiger partial charge in [0.15, 0.2) is 5.75 Å². The molecule has 286 valence electrons. The van der Waals surface area contributed by atoms with Crippen LogP contribution in [0, 0.1) is 0 Å². The zero-order valence-electron chi connectivity index (χ0n) is 32.7. The molecule has 3 aromatic carbocycles. The monoisotopic (exact) mass is 752 g/mol. The van der Waals surface area contributed by atoms with Crippen LogP contribution in [0.4, 0.5) is 5.69 Å². The van der Waals surface area contributed by atoms with Gasteiger partial charge in [-0.05, 0) is 38.3 Å². The van der Waals surface area contributed by atoms with Gasteiger partial charge in [-0.2, -0.15) is 0 Å². The van der Waals surface area contributed by atoms with Crippen LogP contribution >= 0.6 is 11.3 Å². The fourth-order valence-corrected chi connectivity index (χ4v) is 7.54. The Bertz CT molecular complexity index is 2260. The number of aromatic hydroxyl groups is 1. The lowest BCUT2D eigenvalue weighted by atomic mass is 9.76. The van der Waals surface area contributed by atoms with Crippen LogP contribution in [-0.4, -0.2) is 43.7 Å². The van der Waals surface area contributed by atoms with Gasteiger partial charge in [0, 0.05) is 95.9 Å². The average Bonchev–Trinajstić information content (AvgIpc) is 3.43. The summed E-state index contributed by atoms with van der Waals surface area (Å²) in [6.07, 6.45) is 6.66. The van der Waals surface area contributed by atoms with Crippen molar-refractivity contribution in [3.8, 4) is 17.2 Å². The molecule has 0 aliphatic heterocycles. The van der Waals surface area contributed by atoms with E-state index in [0.717, 1.165) is 61.2 Å². The number of unbranched alkanes of at least 4 members (excludes halogenated alkanes) is 3. The van der Waals surface area contributed by atoms with Crippen LogP contribution in [0.15, 0.2) is 78.5 Å². The number of phenols is 1. The predicted octanol–water partition coefficient (Wildman–Crippen LogP) is 8.29. The Morgan fingerprint density at radius 3 is 2.09 bits per heavy atom. The number of hydrogen-bond acceptors (Lipinski definition) is 10. The van der Waals surface area contributed by atoms with Crippen LogP contribution in [-0.2, 0) is 24.5 Å². The van der Waals surface area contributed by atoms with Crippen LogP contribution in [0.25, 0.3) is 33.2 Å². The molecule has 0 aliphatic carbocycles. The third-order valence-electron chi connectivity index (χ3n) is 9.34. The highest BCUT2D eigenvalue weighted by Gasteiger charge is 2.27. The van der Waals surface area contributed by atoms with Gasteiger partial charge < -0.3 is 29.5 Å². The maximum Gasteiger partial charge on any atom is 0.308 e. The van der Waals surface area contributed by atoms with E-state index < -0.39 is 17.9 Å². The molecule has 0 fully saturated rings. The van der Waals surface area contributed by atoms with Crippen molar-refractivity contribution in [2.24, 2.45) is 0 Å². The summed E-state index contributed by atoms with van der Waals surface area (Å²) in [5.41, 5.74) is 3.78. The first-order valence-electron chi connectivity index (χ1n) is 18.0. The molecule has 54 heavy (non-hydrogen) atoms. The second-order valence-corrected chi connectivity index (χ2v) is 15.3. The number of anilines is 1. The zero-order chi connectivity index (χ0) is 39.9. The quantitative estimate of drug-likeness (QED) is 0.0384. The number of nitrogens with one attached hydrogen (secondary N) is 1. The Balaban J connectivity index is 1.51. The summed E-state index contributed by atoms with van der Waals surface area (Å²) >= 11 is 1.23. The average molecular weight is 753 g/mol. The Hall–Kier alpha value is -5.35. The minimum atomic E-state index is -0.566. The molecular formula is C44H52N2O7S. The summed E-state index contributed by atoms with van der Waals surface area (Å²) in [7, 11) is 3.90. The van der Waals surface area contributed by atoms with Crippen LogP contribution < -0.4 is 29.4 Å². The number of carbonyl (C=O) groups is 3. The third-order valence-corrected chi connectivity index (χ3v) is 10.4. The molecule has 0 atom stereocenters. The van der Waals surface area contributed by atoms with Crippen LogP contribution in [0.5, 0.6) is 17.2 Å². The van der Waals surface area contributed by atoms with E-state index in [-0.39, 0.29) is 22.7 Å². The number of ether oxygens (including phenoxy) is 3. The molecule has 0 bridgehead atoms. The number of rotatable bonds is 16. The van der Waals surface area contributed by atoms with E-state index in [0.29, 0.717) is 41.9 Å². The number of phenolic OH excluding ortho intramolecular Hbond substituents is 1. The molecule has 0 saturated heterocycles. The van der Waals surface area contributed by atoms with Crippen molar-refractivity contribution < 1.29 is 33.7 Å². The first-order chi connectivity index (χ1) is 25.4. The molecule has 10 heteroatoms. The van der Waals surface area contributed by atoms with Gasteiger partial charge in [-0.15, -0.1) is 11.3 Å². The number of fused-ring (bicyclic) bond motifs is 2. The van der Waals surface area contributed by atoms with Gasteiger partial charge in [-0.25, -0.2) is 0 Å². The van der Waals surface area contributed by atoms with E-state index in [4.69, 9.17) is 14.2 Å². The summed E-state index contributed by atoms with van der Waals surface area (Å²) in [6.45, 7) is 23.7. The van der Waals surface area contributed by atoms with Crippen molar-refractivity contribution in [1.29, 1.82) is 0 Å². The Morgan fingerprint density at radius 2 is 1.50 bits per heavy atom. The highest BCUT2D eigenvalue weighted by Crippen LogP contribution is 2.43. The maximum atomic E-state index is 12.5. The van der Waals surface area contributed by atoms with Crippen molar-refractivity contribution in [3.05, 3.63) is 93.9 Å². The molecule has 0 spiro atoms. The van der Waals surface area contributed by atoms with Gasteiger partial charge in [0.05, 0.1) is 10.1 Å². The molecule has 4 rings (SSSR count). The molecule has 0 unspecified atom stereocenters. The number of benzene rings is 3. The van der Waals surface area contributed by atoms with Gasteiger partial charge in [0.25, 0.3) is 0 Å². The molecule has 1 aromatic heterocycles. The van der Waals surface area contributed by atoms with Gasteiger partial charge in [-0.3, -0.25) is 14.4 Å². The minimum absolute atomic E-state index is 0.155. The Labute approximate surface area is 321 Å². The molecule has 0 aliphatic rings. The fraction of sp³-hybridized carbons (Fsp3) is 0.341. The smallest absolute Gasteiger partial charge is 0.308 e. The lowest BCUT2D eigenvalue weighted by Gasteiger charge is -2.29. The summed E-state index contributed by atoms with van der Waals surface area (Å²) in [5, 5.41) is 16.1. The number of hydrogen-bond donors (Lipinski definition) is 2. The van der Waals surface area contributed by atoms with E-state index in [1.165, 1.54) is 32.1 Å². The van der Waals surface area contributed by atoms with Gasteiger partial charge in [-0.1, -0.05) is 82.3 Å². The largest absolute Gasteiger partial charge is 0.508 e. The molecule has 4 aromatic rings. The summed E-state index contributed by atoms with van der Waals surface area (Å²) < 4.78 is 18.3. The Morgan fingerprint density at radius 1 is 0.889 bits per heavy atom. The molecule has 1 heterocycles. The van der Waals surface area contributed by atoms with Crippen LogP contribution in [0.1, 0.15) is 79.2 Å². The number of carbonyl (C=O) groups excluding carboxylic acids is 3. The minimum Gasteiger partial charge on any atom is -0.508 e. The lowest BCUT2D eigenvalue weighted by Crippen LogP contribution is -2.24. The molecule has 0 radical (unpaired) electrons. The lowest BCUT2D eigenvalue weighted by molar-refractivity contribution is -0.134. The van der Waals surface area contributed by atoms with E-state index in [1.807, 2.05) is 38.1 Å². The second-order valence-electron chi connectivity index (χ2n) is 14.2. The van der Waals surface area contributed by atoms with E-state index >= 15 is 0 Å². The maximum absolute atomic E-state index is 12.5. The van der Waals surface area contributed by atoms with Crippen molar-refractivity contribution in [3.63, 3.8) is 0 Å². The normalized spacial score (nSPS) is 12.3. The topological polar surface area (TPSA) is 114 Å². The van der Waals surface area contributed by atoms with Gasteiger partial charge in [0.2, 0.25) is 0 Å². The highest BCUT2D eigenvalue weighted by atomic mass is 32.1. The van der Waals surface area contributed by atoms with Crippen molar-refractivity contribution in [1.82, 2.24) is 5.32 Å². The summed E-state index contributed by atoms with van der Waals surface area (Å²) in [5.74, 6) is -0.646. The van der Waals surface area contributed by atoms with Crippen molar-refractivity contribution in [2.45, 2.75) is 79.1 Å². The number of thiophene rings is 1. The zero-order valence-corrected chi connectivity index (χ0v) is 33.6. The first kappa shape index (κ1) is 41.4. The van der Waals surface area contributed by atoms with Gasteiger partial charge in [0.1, 0.15) is 17.3 Å². The molecule has 9 nitrogen and oxygen atoms in total. The SMILES string of the molecule is C=C(/C=C(\C)NCCCCCCC(=C)C(C)(C)c1ccc(N(C)C)cc1O)/C(OC(C)=O)=c1\c(=C)sc2c(OC(C)=O)c3ccccc3c(OC(C)=O)c12. The predicted molar refractivity (Wildman–Crippen MR) is 220 cm³/mol. The van der Waals surface area contributed by atoms with Crippen LogP contribution in [0.3, 0.4) is 0 Å². The number of nitrogens with zero attached hydrogens (tertiary/aromatic N) is 1. The van der Waals surface area contributed by atoms with Gasteiger partial charge >= 0.3 is 17.9 Å². The molecular weight excluding hydrogens is 701 g/mol. The summed E-state index contributed by atoms with van der Waals surface area (Å²) in [6, 6.07) is 13.0. The van der Waals surface area contributed by atoms with Crippen LogP contribution in [0.2, 0.25) is 0 Å². The van der Waals surface area contributed by atoms with E-state index in [1.54, 1.807) is 36.4 Å². The second kappa shape index (κ2) is 17.6. The molecule has 0 saturated carbocycles. The molecule has 0 amide bonds. The highest BCUT2D eigenvalue weighted by molar-refractivity contribution is 7.17. The number of allylic oxidation sites excluding steroid dienone is 2. The standard InChI is InChI=1S/C44H52N2O7S/c1-26(24-28(3)45-23-17-13-12-14-18-27(2)44(8,9)36-22-21-33(46(10)11)25-37(36)50)40(51-30(5)47)38-29(4)54-43-39(38)41(52-31(6)48)34-19-15-16-20-35(34)42(43)53-32(7)49/h15-16,19-22,24-25,45,50H,1-2,4,12-14,17-18,23H2,3,5-11H3/b28-24+,40-38-. The first-order valence-corrected chi connectivity index (χ1v) is 18.8. The number of esters is 3.